The maximum Gasteiger partial charge on any atom is 0.119 e. The first-order valence-electron chi connectivity index (χ1n) is 4.01. The lowest BCUT2D eigenvalue weighted by Gasteiger charge is -2.08. The Balaban J connectivity index is 1.90. The summed E-state index contributed by atoms with van der Waals surface area (Å²) in [5, 5.41) is 10.9. The zero-order valence-electron chi connectivity index (χ0n) is 6.40. The van der Waals surface area contributed by atoms with Crippen molar-refractivity contribution >= 4 is 0 Å². The molecule has 0 saturated carbocycles. The minimum absolute atomic E-state index is 0.631. The molecule has 60 valence electrons. The van der Waals surface area contributed by atoms with E-state index >= 15 is 0 Å². The Hall–Kier alpha value is -0.900. The highest BCUT2D eigenvalue weighted by Gasteiger charge is 2.13. The van der Waals surface area contributed by atoms with Crippen molar-refractivity contribution < 1.29 is 0 Å². The summed E-state index contributed by atoms with van der Waals surface area (Å²) in [5.74, 6) is 0. The van der Waals surface area contributed by atoms with Gasteiger partial charge < -0.3 is 9.88 Å². The van der Waals surface area contributed by atoms with Gasteiger partial charge in [-0.3, -0.25) is 0 Å². The second-order valence-electron chi connectivity index (χ2n) is 2.95. The lowest BCUT2D eigenvalue weighted by Crippen LogP contribution is -2.26. The lowest BCUT2D eigenvalue weighted by molar-refractivity contribution is 0.508. The predicted octanol–water partition coefficient (Wildman–Crippen LogP) is 0.0301. The molecule has 0 bridgehead atoms. The zero-order chi connectivity index (χ0) is 7.52. The largest absolute Gasteiger partial charge is 0.319 e. The molecule has 1 aromatic rings. The Kier molecular flexibility index (Phi) is 1.85. The van der Waals surface area contributed by atoms with Gasteiger partial charge in [-0.2, -0.15) is 0 Å². The fourth-order valence-electron chi connectivity index (χ4n) is 1.48. The van der Waals surface area contributed by atoms with Crippen molar-refractivity contribution in [2.45, 2.75) is 25.4 Å². The Morgan fingerprint density at radius 3 is 2.91 bits per heavy atom. The van der Waals surface area contributed by atoms with Gasteiger partial charge in [0.05, 0.1) is 0 Å². The van der Waals surface area contributed by atoms with Gasteiger partial charge in [-0.15, -0.1) is 10.2 Å². The third kappa shape index (κ3) is 1.57. The van der Waals surface area contributed by atoms with E-state index in [1.165, 1.54) is 12.8 Å². The van der Waals surface area contributed by atoms with Gasteiger partial charge in [-0.25, -0.2) is 0 Å². The first-order valence-corrected chi connectivity index (χ1v) is 4.01. The molecule has 1 fully saturated rings. The molecule has 4 nitrogen and oxygen atoms in total. The van der Waals surface area contributed by atoms with Crippen LogP contribution in [0.1, 0.15) is 12.8 Å². The maximum atomic E-state index is 3.75. The van der Waals surface area contributed by atoms with E-state index in [0.717, 1.165) is 13.1 Å². The average molecular weight is 152 g/mol. The van der Waals surface area contributed by atoms with Crippen molar-refractivity contribution in [3.8, 4) is 0 Å². The summed E-state index contributed by atoms with van der Waals surface area (Å²) >= 11 is 0. The predicted molar refractivity (Wildman–Crippen MR) is 41.0 cm³/mol. The highest BCUT2D eigenvalue weighted by Crippen LogP contribution is 2.06. The fourth-order valence-corrected chi connectivity index (χ4v) is 1.48. The molecule has 1 atom stereocenters. The molecule has 0 amide bonds. The van der Waals surface area contributed by atoms with E-state index in [9.17, 15) is 0 Å². The zero-order valence-corrected chi connectivity index (χ0v) is 6.40. The van der Waals surface area contributed by atoms with E-state index in [0.29, 0.717) is 6.04 Å². The van der Waals surface area contributed by atoms with E-state index in [2.05, 4.69) is 15.5 Å². The molecule has 1 aromatic heterocycles. The fraction of sp³-hybridized carbons (Fsp3) is 0.714. The normalized spacial score (nSPS) is 24.2. The molecule has 11 heavy (non-hydrogen) atoms. The van der Waals surface area contributed by atoms with Crippen molar-refractivity contribution in [2.75, 3.05) is 6.54 Å². The van der Waals surface area contributed by atoms with E-state index in [4.69, 9.17) is 0 Å². The van der Waals surface area contributed by atoms with E-state index < -0.39 is 0 Å². The summed E-state index contributed by atoms with van der Waals surface area (Å²) in [6, 6.07) is 0.631. The number of nitrogens with one attached hydrogen (secondary N) is 1. The molecule has 2 rings (SSSR count). The quantitative estimate of drug-likeness (QED) is 0.650. The minimum Gasteiger partial charge on any atom is -0.319 e. The second kappa shape index (κ2) is 3.00. The first kappa shape index (κ1) is 6.79. The average Bonchev–Trinajstić information content (AvgIpc) is 2.60. The van der Waals surface area contributed by atoms with Crippen LogP contribution in [0.25, 0.3) is 0 Å². The van der Waals surface area contributed by atoms with Crippen LogP contribution in [0.4, 0.5) is 0 Å². The molecular formula is C7H12N4. The summed E-state index contributed by atoms with van der Waals surface area (Å²) in [7, 11) is 0. The van der Waals surface area contributed by atoms with Crippen LogP contribution in [0.2, 0.25) is 0 Å². The minimum atomic E-state index is 0.631. The van der Waals surface area contributed by atoms with Crippen LogP contribution >= 0.6 is 0 Å². The highest BCUT2D eigenvalue weighted by atomic mass is 15.2. The molecule has 1 saturated heterocycles. The molecule has 1 unspecified atom stereocenters. The summed E-state index contributed by atoms with van der Waals surface area (Å²) in [4.78, 5) is 0. The van der Waals surface area contributed by atoms with Gasteiger partial charge in [0.2, 0.25) is 0 Å². The maximum absolute atomic E-state index is 3.75. The van der Waals surface area contributed by atoms with Crippen molar-refractivity contribution in [3.63, 3.8) is 0 Å². The second-order valence-corrected chi connectivity index (χ2v) is 2.95. The molecule has 0 aliphatic carbocycles. The van der Waals surface area contributed by atoms with Crippen molar-refractivity contribution in [2.24, 2.45) is 0 Å². The number of hydrogen-bond donors (Lipinski definition) is 1. The summed E-state index contributed by atoms with van der Waals surface area (Å²) in [5.41, 5.74) is 0. The molecule has 1 aliphatic heterocycles. The molecule has 4 heteroatoms. The number of aromatic nitrogens is 3. The van der Waals surface area contributed by atoms with Gasteiger partial charge >= 0.3 is 0 Å². The number of rotatable bonds is 2. The van der Waals surface area contributed by atoms with Crippen molar-refractivity contribution in [3.05, 3.63) is 12.7 Å². The Labute approximate surface area is 65.6 Å². The van der Waals surface area contributed by atoms with Gasteiger partial charge in [0, 0.05) is 12.6 Å². The van der Waals surface area contributed by atoms with Crippen LogP contribution in [0.15, 0.2) is 12.7 Å². The molecule has 1 aliphatic rings. The summed E-state index contributed by atoms with van der Waals surface area (Å²) < 4.78 is 2.02. The first-order chi connectivity index (χ1) is 5.45. The molecule has 2 heterocycles. The SMILES string of the molecule is c1nncn1CC1CCCN1. The van der Waals surface area contributed by atoms with Crippen LogP contribution < -0.4 is 5.32 Å². The topological polar surface area (TPSA) is 42.7 Å². The van der Waals surface area contributed by atoms with Gasteiger partial charge in [-0.1, -0.05) is 0 Å². The van der Waals surface area contributed by atoms with Crippen LogP contribution in [-0.2, 0) is 6.54 Å². The van der Waals surface area contributed by atoms with Crippen molar-refractivity contribution in [1.29, 1.82) is 0 Å². The molecular weight excluding hydrogens is 140 g/mol. The highest BCUT2D eigenvalue weighted by molar-refractivity contribution is 4.76. The number of hydrogen-bond acceptors (Lipinski definition) is 3. The van der Waals surface area contributed by atoms with Crippen LogP contribution in [0.5, 0.6) is 0 Å². The third-order valence-electron chi connectivity index (χ3n) is 2.06. The van der Waals surface area contributed by atoms with Gasteiger partial charge in [0.15, 0.2) is 0 Å². The van der Waals surface area contributed by atoms with Crippen LogP contribution in [-0.4, -0.2) is 27.4 Å². The smallest absolute Gasteiger partial charge is 0.119 e. The van der Waals surface area contributed by atoms with Crippen molar-refractivity contribution in [1.82, 2.24) is 20.1 Å². The molecule has 1 N–H and O–H groups in total. The molecule has 0 aromatic carbocycles. The van der Waals surface area contributed by atoms with Gasteiger partial charge in [-0.05, 0) is 19.4 Å². The van der Waals surface area contributed by atoms with E-state index in [-0.39, 0.29) is 0 Å². The number of nitrogens with zero attached hydrogens (tertiary/aromatic N) is 3. The standard InChI is InChI=1S/C7H12N4/c1-2-7(8-3-1)4-11-5-9-10-6-11/h5-8H,1-4H2. The van der Waals surface area contributed by atoms with E-state index in [1.807, 2.05) is 4.57 Å². The lowest BCUT2D eigenvalue weighted by atomic mass is 10.2. The molecule has 0 spiro atoms. The summed E-state index contributed by atoms with van der Waals surface area (Å²) in [6.45, 7) is 2.17. The summed E-state index contributed by atoms with van der Waals surface area (Å²) in [6.07, 6.45) is 6.10. The van der Waals surface area contributed by atoms with E-state index in [1.54, 1.807) is 12.7 Å². The van der Waals surface area contributed by atoms with Gasteiger partial charge in [0.25, 0.3) is 0 Å². The monoisotopic (exact) mass is 152 g/mol. The Bertz CT molecular complexity index is 200. The Morgan fingerprint density at radius 1 is 1.45 bits per heavy atom. The van der Waals surface area contributed by atoms with Gasteiger partial charge in [0.1, 0.15) is 12.7 Å². The molecule has 0 radical (unpaired) electrons. The Morgan fingerprint density at radius 2 is 2.27 bits per heavy atom. The third-order valence-corrected chi connectivity index (χ3v) is 2.06. The van der Waals surface area contributed by atoms with Crippen LogP contribution in [0.3, 0.4) is 0 Å². The van der Waals surface area contributed by atoms with Crippen LogP contribution in [0, 0.1) is 0 Å².